The van der Waals surface area contributed by atoms with E-state index in [0.717, 1.165) is 32.8 Å². The lowest BCUT2D eigenvalue weighted by molar-refractivity contribution is 0.142. The number of aliphatic hydroxyl groups is 1. The molecule has 0 bridgehead atoms. The molecule has 204 valence electrons. The Hall–Kier alpha value is -4.17. The Bertz CT molecular complexity index is 1670. The van der Waals surface area contributed by atoms with E-state index in [-0.39, 0.29) is 25.7 Å². The molecule has 1 aliphatic rings. The van der Waals surface area contributed by atoms with E-state index < -0.39 is 6.09 Å². The van der Waals surface area contributed by atoms with Gasteiger partial charge in [0, 0.05) is 40.9 Å². The van der Waals surface area contributed by atoms with Gasteiger partial charge in [-0.05, 0) is 58.1 Å². The van der Waals surface area contributed by atoms with E-state index in [2.05, 4.69) is 39.6 Å². The van der Waals surface area contributed by atoms with Gasteiger partial charge >= 0.3 is 6.09 Å². The van der Waals surface area contributed by atoms with Crippen molar-refractivity contribution >= 4 is 29.5 Å². The highest BCUT2D eigenvalue weighted by Gasteiger charge is 2.29. The van der Waals surface area contributed by atoms with Crippen LogP contribution in [0.2, 0.25) is 5.02 Å². The number of nitrogens with zero attached hydrogens (tertiary/aromatic N) is 2. The lowest BCUT2D eigenvalue weighted by atomic mass is 9.98. The number of alkyl carbamates (subject to hydrolysis) is 1. The predicted octanol–water partition coefficient (Wildman–Crippen LogP) is 7.48. The predicted molar refractivity (Wildman–Crippen MR) is 161 cm³/mol. The van der Waals surface area contributed by atoms with Crippen molar-refractivity contribution in [3.63, 3.8) is 0 Å². The SMILES string of the molecule is O=C(NCc1cc(-c2ccccn2)cc(Cl)c1Sc1ncccc1CO)OCC1c2ccccc2-c2ccccc21. The van der Waals surface area contributed by atoms with Crippen LogP contribution in [0, 0.1) is 0 Å². The third-order valence-corrected chi connectivity index (χ3v) is 8.72. The number of nitrogens with one attached hydrogen (secondary N) is 1. The van der Waals surface area contributed by atoms with Gasteiger partial charge in [-0.15, -0.1) is 0 Å². The number of rotatable bonds is 8. The van der Waals surface area contributed by atoms with Crippen LogP contribution in [0.5, 0.6) is 0 Å². The first-order valence-corrected chi connectivity index (χ1v) is 14.4. The Morgan fingerprint density at radius 1 is 0.878 bits per heavy atom. The summed E-state index contributed by atoms with van der Waals surface area (Å²) in [5.74, 6) is -0.0257. The molecule has 8 heteroatoms. The minimum absolute atomic E-state index is 0.0257. The summed E-state index contributed by atoms with van der Waals surface area (Å²) in [5, 5.41) is 13.9. The molecule has 6 nitrogen and oxygen atoms in total. The molecule has 1 aliphatic carbocycles. The third kappa shape index (κ3) is 5.70. The van der Waals surface area contributed by atoms with Gasteiger partial charge in [-0.25, -0.2) is 9.78 Å². The molecule has 2 aromatic heterocycles. The number of carbonyl (C=O) groups excluding carboxylic acids is 1. The van der Waals surface area contributed by atoms with Gasteiger partial charge in [0.05, 0.1) is 17.3 Å². The summed E-state index contributed by atoms with van der Waals surface area (Å²) in [5.41, 5.74) is 7.74. The van der Waals surface area contributed by atoms with Gasteiger partial charge in [0.2, 0.25) is 0 Å². The van der Waals surface area contributed by atoms with Crippen molar-refractivity contribution in [2.24, 2.45) is 0 Å². The van der Waals surface area contributed by atoms with Crippen LogP contribution in [0.15, 0.2) is 113 Å². The van der Waals surface area contributed by atoms with Crippen LogP contribution in [0.1, 0.15) is 28.2 Å². The second kappa shape index (κ2) is 12.1. The molecule has 3 aromatic carbocycles. The van der Waals surface area contributed by atoms with Crippen molar-refractivity contribution in [2.75, 3.05) is 6.61 Å². The number of carbonyl (C=O) groups is 1. The number of aliphatic hydroxyl groups excluding tert-OH is 1. The van der Waals surface area contributed by atoms with Crippen LogP contribution in [0.3, 0.4) is 0 Å². The van der Waals surface area contributed by atoms with Gasteiger partial charge < -0.3 is 15.2 Å². The average Bonchev–Trinajstić information content (AvgIpc) is 3.34. The minimum atomic E-state index is -0.518. The van der Waals surface area contributed by atoms with Gasteiger partial charge in [-0.3, -0.25) is 4.98 Å². The van der Waals surface area contributed by atoms with Gasteiger partial charge in [-0.2, -0.15) is 0 Å². The molecule has 2 heterocycles. The van der Waals surface area contributed by atoms with Gasteiger partial charge in [0.1, 0.15) is 11.6 Å². The summed E-state index contributed by atoms with van der Waals surface area (Å²) in [4.78, 5) is 22.6. The number of fused-ring (bicyclic) bond motifs is 3. The molecular formula is C33H26ClN3O3S. The first-order chi connectivity index (χ1) is 20.1. The summed E-state index contributed by atoms with van der Waals surface area (Å²) in [6.07, 6.45) is 2.88. The van der Waals surface area contributed by atoms with Gasteiger partial charge in [0.25, 0.3) is 0 Å². The number of benzene rings is 3. The van der Waals surface area contributed by atoms with Crippen LogP contribution in [0.4, 0.5) is 4.79 Å². The fourth-order valence-corrected chi connectivity index (χ4v) is 6.47. The molecule has 0 spiro atoms. The standard InChI is InChI=1S/C33H26ClN3O3S/c34-29-17-22(30-13-5-6-14-35-30)16-23(31(29)41-32-21(19-38)8-7-15-36-32)18-37-33(39)40-20-28-26-11-3-1-9-24(26)25-10-2-4-12-27(25)28/h1-17,28,38H,18-20H2,(H,37,39). The first kappa shape index (κ1) is 27.0. The van der Waals surface area contributed by atoms with Crippen LogP contribution in [0.25, 0.3) is 22.4 Å². The summed E-state index contributed by atoms with van der Waals surface area (Å²) >= 11 is 8.16. The number of ether oxygens (including phenoxy) is 1. The zero-order chi connectivity index (χ0) is 28.2. The minimum Gasteiger partial charge on any atom is -0.449 e. The molecule has 0 atom stereocenters. The van der Waals surface area contributed by atoms with Crippen molar-refractivity contribution < 1.29 is 14.6 Å². The molecule has 0 aliphatic heterocycles. The second-order valence-corrected chi connectivity index (χ2v) is 11.0. The van der Waals surface area contributed by atoms with Crippen LogP contribution in [-0.2, 0) is 17.9 Å². The van der Waals surface area contributed by atoms with Crippen molar-refractivity contribution in [1.29, 1.82) is 0 Å². The van der Waals surface area contributed by atoms with Gasteiger partial charge in [-0.1, -0.05) is 84.0 Å². The number of hydrogen-bond acceptors (Lipinski definition) is 6. The Morgan fingerprint density at radius 2 is 1.59 bits per heavy atom. The quantitative estimate of drug-likeness (QED) is 0.198. The Labute approximate surface area is 247 Å². The van der Waals surface area contributed by atoms with E-state index in [1.54, 1.807) is 18.5 Å². The van der Waals surface area contributed by atoms with Gasteiger partial charge in [0.15, 0.2) is 0 Å². The smallest absolute Gasteiger partial charge is 0.407 e. The second-order valence-electron chi connectivity index (χ2n) is 9.57. The first-order valence-electron chi connectivity index (χ1n) is 13.2. The van der Waals surface area contributed by atoms with E-state index in [0.29, 0.717) is 15.6 Å². The molecule has 0 saturated heterocycles. The van der Waals surface area contributed by atoms with Crippen LogP contribution < -0.4 is 5.32 Å². The molecule has 5 aromatic rings. The maximum absolute atomic E-state index is 13.0. The maximum Gasteiger partial charge on any atom is 0.407 e. The van der Waals surface area contributed by atoms with E-state index in [9.17, 15) is 9.90 Å². The molecule has 41 heavy (non-hydrogen) atoms. The molecule has 0 saturated carbocycles. The third-order valence-electron chi connectivity index (χ3n) is 7.07. The summed E-state index contributed by atoms with van der Waals surface area (Å²) in [7, 11) is 0. The molecule has 0 radical (unpaired) electrons. The molecule has 6 rings (SSSR count). The lowest BCUT2D eigenvalue weighted by Gasteiger charge is -2.17. The highest BCUT2D eigenvalue weighted by atomic mass is 35.5. The highest BCUT2D eigenvalue weighted by molar-refractivity contribution is 7.99. The Balaban J connectivity index is 1.22. The number of halogens is 1. The number of amides is 1. The molecule has 0 fully saturated rings. The summed E-state index contributed by atoms with van der Waals surface area (Å²) in [6.45, 7) is 0.262. The fraction of sp³-hybridized carbons (Fsp3) is 0.121. The zero-order valence-corrected chi connectivity index (χ0v) is 23.5. The van der Waals surface area contributed by atoms with Crippen LogP contribution in [-0.4, -0.2) is 27.8 Å². The Morgan fingerprint density at radius 3 is 2.29 bits per heavy atom. The number of hydrogen-bond donors (Lipinski definition) is 2. The maximum atomic E-state index is 13.0. The summed E-state index contributed by atoms with van der Waals surface area (Å²) in [6, 6.07) is 29.6. The lowest BCUT2D eigenvalue weighted by Crippen LogP contribution is -2.26. The normalized spacial score (nSPS) is 12.0. The van der Waals surface area contributed by atoms with Crippen molar-refractivity contribution in [3.05, 3.63) is 131 Å². The van der Waals surface area contributed by atoms with Crippen molar-refractivity contribution in [3.8, 4) is 22.4 Å². The molecule has 0 unspecified atom stereocenters. The molecule has 1 amide bonds. The van der Waals surface area contributed by atoms with E-state index in [4.69, 9.17) is 16.3 Å². The van der Waals surface area contributed by atoms with E-state index in [1.807, 2.05) is 60.7 Å². The van der Waals surface area contributed by atoms with Crippen LogP contribution >= 0.6 is 23.4 Å². The molecule has 2 N–H and O–H groups in total. The average molecular weight is 580 g/mol. The van der Waals surface area contributed by atoms with E-state index in [1.165, 1.54) is 22.9 Å². The monoisotopic (exact) mass is 579 g/mol. The summed E-state index contributed by atoms with van der Waals surface area (Å²) < 4.78 is 5.75. The zero-order valence-electron chi connectivity index (χ0n) is 22.0. The van der Waals surface area contributed by atoms with Crippen molar-refractivity contribution in [2.45, 2.75) is 29.0 Å². The largest absolute Gasteiger partial charge is 0.449 e. The topological polar surface area (TPSA) is 84.3 Å². The van der Waals surface area contributed by atoms with Crippen molar-refractivity contribution in [1.82, 2.24) is 15.3 Å². The fourth-order valence-electron chi connectivity index (χ4n) is 5.13. The Kier molecular flexibility index (Phi) is 8.00. The highest BCUT2D eigenvalue weighted by Crippen LogP contribution is 2.44. The van der Waals surface area contributed by atoms with E-state index >= 15 is 0 Å². The molecular weight excluding hydrogens is 554 g/mol. The number of aromatic nitrogens is 2. The number of pyridine rings is 2.